The van der Waals surface area contributed by atoms with Gasteiger partial charge in [0.25, 0.3) is 0 Å². The molecule has 0 bridgehead atoms. The molecular weight excluding hydrogens is 333 g/mol. The summed E-state index contributed by atoms with van der Waals surface area (Å²) in [5.74, 6) is 0. The molecule has 1 atom stereocenters. The van der Waals surface area contributed by atoms with Crippen molar-refractivity contribution in [3.05, 3.63) is 68.8 Å². The first kappa shape index (κ1) is 13.6. The molecule has 18 heavy (non-hydrogen) atoms. The Morgan fingerprint density at radius 2 is 1.67 bits per heavy atom. The van der Waals surface area contributed by atoms with Gasteiger partial charge in [-0.1, -0.05) is 36.4 Å². The maximum absolute atomic E-state index is 6.24. The maximum Gasteiger partial charge on any atom is 0.0130 e. The van der Waals surface area contributed by atoms with E-state index in [4.69, 9.17) is 5.73 Å². The molecule has 0 fully saturated rings. The molecular formula is C16H18IN. The fourth-order valence-corrected chi connectivity index (χ4v) is 2.48. The maximum atomic E-state index is 6.24. The van der Waals surface area contributed by atoms with Crippen LogP contribution >= 0.6 is 22.6 Å². The third-order valence-corrected chi connectivity index (χ3v) is 3.87. The molecule has 0 aromatic heterocycles. The molecule has 1 nitrogen and oxygen atoms in total. The smallest absolute Gasteiger partial charge is 0.0130 e. The number of aryl methyl sites for hydroxylation is 1. The normalized spacial score (nSPS) is 12.4. The predicted molar refractivity (Wildman–Crippen MR) is 85.7 cm³/mol. The van der Waals surface area contributed by atoms with Crippen molar-refractivity contribution in [3.63, 3.8) is 0 Å². The number of halogens is 1. The topological polar surface area (TPSA) is 26.0 Å². The van der Waals surface area contributed by atoms with Crippen molar-refractivity contribution < 1.29 is 0 Å². The molecule has 1 unspecified atom stereocenters. The quantitative estimate of drug-likeness (QED) is 0.835. The molecule has 94 valence electrons. The molecule has 0 aliphatic heterocycles. The Morgan fingerprint density at radius 1 is 1.00 bits per heavy atom. The molecule has 2 heteroatoms. The van der Waals surface area contributed by atoms with Gasteiger partial charge in [-0.3, -0.25) is 0 Å². The Bertz CT molecular complexity index is 505. The molecule has 2 rings (SSSR count). The monoisotopic (exact) mass is 351 g/mol. The van der Waals surface area contributed by atoms with Gasteiger partial charge in [0, 0.05) is 9.61 Å². The van der Waals surface area contributed by atoms with Crippen LogP contribution < -0.4 is 5.73 Å². The molecule has 0 saturated heterocycles. The van der Waals surface area contributed by atoms with Gasteiger partial charge in [-0.15, -0.1) is 0 Å². The molecule has 2 aromatic rings. The van der Waals surface area contributed by atoms with Crippen molar-refractivity contribution in [2.24, 2.45) is 5.73 Å². The number of hydrogen-bond donors (Lipinski definition) is 1. The minimum atomic E-state index is 0.186. The Hall–Kier alpha value is -0.870. The van der Waals surface area contributed by atoms with Crippen molar-refractivity contribution >= 4 is 22.6 Å². The summed E-state index contributed by atoms with van der Waals surface area (Å²) >= 11 is 2.32. The lowest BCUT2D eigenvalue weighted by Gasteiger charge is -2.13. The van der Waals surface area contributed by atoms with Crippen LogP contribution in [-0.2, 0) is 12.8 Å². The molecule has 0 aliphatic rings. The predicted octanol–water partition coefficient (Wildman–Crippen LogP) is 3.71. The van der Waals surface area contributed by atoms with Gasteiger partial charge < -0.3 is 5.73 Å². The summed E-state index contributed by atoms with van der Waals surface area (Å²) in [6.45, 7) is 2.15. The number of benzene rings is 2. The van der Waals surface area contributed by atoms with E-state index in [0.29, 0.717) is 0 Å². The fraction of sp³-hybridized carbons (Fsp3) is 0.250. The van der Waals surface area contributed by atoms with Crippen molar-refractivity contribution in [3.8, 4) is 0 Å². The Balaban J connectivity index is 1.99. The molecule has 0 heterocycles. The molecule has 0 saturated carbocycles. The highest BCUT2D eigenvalue weighted by molar-refractivity contribution is 14.1. The Kier molecular flexibility index (Phi) is 4.78. The van der Waals surface area contributed by atoms with E-state index in [9.17, 15) is 0 Å². The summed E-state index contributed by atoms with van der Waals surface area (Å²) in [4.78, 5) is 0. The second kappa shape index (κ2) is 6.34. The van der Waals surface area contributed by atoms with Gasteiger partial charge in [0.1, 0.15) is 0 Å². The average molecular weight is 351 g/mol. The highest BCUT2D eigenvalue weighted by atomic mass is 127. The van der Waals surface area contributed by atoms with Crippen LogP contribution in [0.2, 0.25) is 0 Å². The van der Waals surface area contributed by atoms with Crippen LogP contribution in [0, 0.1) is 10.5 Å². The third-order valence-electron chi connectivity index (χ3n) is 3.15. The molecule has 2 aromatic carbocycles. The zero-order valence-electron chi connectivity index (χ0n) is 10.6. The summed E-state index contributed by atoms with van der Waals surface area (Å²) in [7, 11) is 0. The number of hydrogen-bond acceptors (Lipinski definition) is 1. The van der Waals surface area contributed by atoms with E-state index in [1.807, 2.05) is 0 Å². The van der Waals surface area contributed by atoms with Crippen LogP contribution in [0.3, 0.4) is 0 Å². The number of nitrogens with two attached hydrogens (primary N) is 1. The zero-order valence-corrected chi connectivity index (χ0v) is 12.7. The van der Waals surface area contributed by atoms with Crippen LogP contribution in [0.5, 0.6) is 0 Å². The van der Waals surface area contributed by atoms with Gasteiger partial charge >= 0.3 is 0 Å². The molecule has 0 spiro atoms. The Morgan fingerprint density at radius 3 is 2.33 bits per heavy atom. The van der Waals surface area contributed by atoms with Gasteiger partial charge in [-0.2, -0.15) is 0 Å². The van der Waals surface area contributed by atoms with Crippen molar-refractivity contribution in [1.29, 1.82) is 0 Å². The second-order valence-electron chi connectivity index (χ2n) is 4.72. The van der Waals surface area contributed by atoms with Crippen molar-refractivity contribution in [2.45, 2.75) is 25.8 Å². The van der Waals surface area contributed by atoms with Crippen molar-refractivity contribution in [1.82, 2.24) is 0 Å². The summed E-state index contributed by atoms with van der Waals surface area (Å²) in [6, 6.07) is 17.3. The molecule has 2 N–H and O–H groups in total. The van der Waals surface area contributed by atoms with E-state index in [2.05, 4.69) is 78.0 Å². The number of rotatable bonds is 4. The van der Waals surface area contributed by atoms with Crippen LogP contribution in [0.25, 0.3) is 0 Å². The highest BCUT2D eigenvalue weighted by Crippen LogP contribution is 2.13. The van der Waals surface area contributed by atoms with Gasteiger partial charge in [0.15, 0.2) is 0 Å². The highest BCUT2D eigenvalue weighted by Gasteiger charge is 2.07. The van der Waals surface area contributed by atoms with Crippen LogP contribution in [0.15, 0.2) is 48.5 Å². The lowest BCUT2D eigenvalue weighted by molar-refractivity contribution is 0.662. The minimum Gasteiger partial charge on any atom is -0.327 e. The van der Waals surface area contributed by atoms with E-state index in [1.165, 1.54) is 20.3 Å². The van der Waals surface area contributed by atoms with Gasteiger partial charge in [-0.25, -0.2) is 0 Å². The fourth-order valence-electron chi connectivity index (χ4n) is 2.12. The summed E-state index contributed by atoms with van der Waals surface area (Å²) < 4.78 is 1.27. The third kappa shape index (κ3) is 3.82. The van der Waals surface area contributed by atoms with E-state index in [1.54, 1.807) is 0 Å². The van der Waals surface area contributed by atoms with E-state index >= 15 is 0 Å². The SMILES string of the molecule is Cc1ccccc1CC(N)Cc1ccc(I)cc1. The summed E-state index contributed by atoms with van der Waals surface area (Å²) in [6.07, 6.45) is 1.88. The lowest BCUT2D eigenvalue weighted by Crippen LogP contribution is -2.25. The summed E-state index contributed by atoms with van der Waals surface area (Å²) in [5, 5.41) is 0. The van der Waals surface area contributed by atoms with Gasteiger partial charge in [0.2, 0.25) is 0 Å². The van der Waals surface area contributed by atoms with Crippen LogP contribution in [-0.4, -0.2) is 6.04 Å². The van der Waals surface area contributed by atoms with Gasteiger partial charge in [-0.05, 0) is 71.2 Å². The lowest BCUT2D eigenvalue weighted by atomic mass is 9.97. The summed E-state index contributed by atoms with van der Waals surface area (Å²) in [5.41, 5.74) is 10.2. The molecule has 0 amide bonds. The van der Waals surface area contributed by atoms with Crippen molar-refractivity contribution in [2.75, 3.05) is 0 Å². The van der Waals surface area contributed by atoms with E-state index in [0.717, 1.165) is 12.8 Å². The van der Waals surface area contributed by atoms with Crippen LogP contribution in [0.4, 0.5) is 0 Å². The first-order valence-electron chi connectivity index (χ1n) is 6.19. The first-order chi connectivity index (χ1) is 8.65. The first-order valence-corrected chi connectivity index (χ1v) is 7.27. The second-order valence-corrected chi connectivity index (χ2v) is 5.97. The largest absolute Gasteiger partial charge is 0.327 e. The van der Waals surface area contributed by atoms with E-state index < -0.39 is 0 Å². The minimum absolute atomic E-state index is 0.186. The Labute approximate surface area is 123 Å². The average Bonchev–Trinajstić information content (AvgIpc) is 2.35. The van der Waals surface area contributed by atoms with Crippen LogP contribution in [0.1, 0.15) is 16.7 Å². The zero-order chi connectivity index (χ0) is 13.0. The molecule has 0 radical (unpaired) electrons. The molecule has 0 aliphatic carbocycles. The van der Waals surface area contributed by atoms with Gasteiger partial charge in [0.05, 0.1) is 0 Å². The van der Waals surface area contributed by atoms with E-state index in [-0.39, 0.29) is 6.04 Å². The standard InChI is InChI=1S/C16H18IN/c1-12-4-2-3-5-14(12)11-16(18)10-13-6-8-15(17)9-7-13/h2-9,16H,10-11,18H2,1H3.